The Morgan fingerprint density at radius 2 is 1.62 bits per heavy atom. The Balaban J connectivity index is 1.32. The van der Waals surface area contributed by atoms with Crippen molar-refractivity contribution in [2.75, 3.05) is 18.4 Å². The molecule has 1 saturated heterocycles. The van der Waals surface area contributed by atoms with E-state index >= 15 is 0 Å². The van der Waals surface area contributed by atoms with Gasteiger partial charge in [-0.2, -0.15) is 0 Å². The molecule has 2 aromatic carbocycles. The summed E-state index contributed by atoms with van der Waals surface area (Å²) in [5.41, 5.74) is 1.25. The third-order valence-corrected chi connectivity index (χ3v) is 6.09. The van der Waals surface area contributed by atoms with Gasteiger partial charge in [0, 0.05) is 35.2 Å². The first-order chi connectivity index (χ1) is 15.3. The van der Waals surface area contributed by atoms with Crippen molar-refractivity contribution in [3.8, 4) is 0 Å². The Hall–Kier alpha value is -2.90. The summed E-state index contributed by atoms with van der Waals surface area (Å²) in [5, 5.41) is 3.58. The Labute approximate surface area is 195 Å². The summed E-state index contributed by atoms with van der Waals surface area (Å²) in [4.78, 5) is 53.2. The highest BCUT2D eigenvalue weighted by molar-refractivity contribution is 6.35. The van der Waals surface area contributed by atoms with Crippen LogP contribution in [0, 0.1) is 0 Å². The van der Waals surface area contributed by atoms with Crippen LogP contribution in [0.5, 0.6) is 0 Å². The van der Waals surface area contributed by atoms with E-state index in [1.807, 2.05) is 0 Å². The summed E-state index contributed by atoms with van der Waals surface area (Å²) in [6.07, 6.45) is 1.75. The Kier molecular flexibility index (Phi) is 6.48. The quantitative estimate of drug-likeness (QED) is 0.642. The predicted octanol–water partition coefficient (Wildman–Crippen LogP) is 4.00. The lowest BCUT2D eigenvalue weighted by atomic mass is 10.1. The van der Waals surface area contributed by atoms with E-state index in [9.17, 15) is 19.2 Å². The maximum atomic E-state index is 12.8. The predicted molar refractivity (Wildman–Crippen MR) is 121 cm³/mol. The molecule has 0 aliphatic carbocycles. The lowest BCUT2D eigenvalue weighted by Gasteiger charge is -2.24. The highest BCUT2D eigenvalue weighted by atomic mass is 35.5. The zero-order chi connectivity index (χ0) is 22.8. The Morgan fingerprint density at radius 3 is 2.25 bits per heavy atom. The number of halogens is 2. The SMILES string of the molecule is O=C(Nc1cc(Cl)cc(Cl)c1)C1CCCN1C(=O)CCCN1C(=O)c2ccccc2C1=O. The molecule has 2 heterocycles. The van der Waals surface area contributed by atoms with E-state index in [4.69, 9.17) is 23.2 Å². The third-order valence-electron chi connectivity index (χ3n) is 5.66. The van der Waals surface area contributed by atoms with Crippen LogP contribution >= 0.6 is 23.2 Å². The van der Waals surface area contributed by atoms with Gasteiger partial charge in [0.25, 0.3) is 11.8 Å². The number of carbonyl (C=O) groups excluding carboxylic acids is 4. The number of rotatable bonds is 6. The van der Waals surface area contributed by atoms with Gasteiger partial charge in [-0.25, -0.2) is 0 Å². The first-order valence-corrected chi connectivity index (χ1v) is 11.1. The standard InChI is InChI=1S/C23H21Cl2N3O4/c24-14-11-15(25)13-16(12-14)26-21(30)19-7-3-9-27(19)20(29)8-4-10-28-22(31)17-5-1-2-6-18(17)23(28)32/h1-2,5-6,11-13,19H,3-4,7-10H2,(H,26,30). The molecular weight excluding hydrogens is 453 g/mol. The van der Waals surface area contributed by atoms with Crippen LogP contribution < -0.4 is 5.32 Å². The van der Waals surface area contributed by atoms with Gasteiger partial charge in [-0.3, -0.25) is 24.1 Å². The van der Waals surface area contributed by atoms with E-state index in [1.165, 1.54) is 4.90 Å². The first kappa shape index (κ1) is 22.3. The molecule has 0 spiro atoms. The van der Waals surface area contributed by atoms with Crippen LogP contribution in [0.2, 0.25) is 10.0 Å². The van der Waals surface area contributed by atoms with Crippen LogP contribution in [0.25, 0.3) is 0 Å². The molecule has 0 radical (unpaired) electrons. The van der Waals surface area contributed by atoms with Gasteiger partial charge in [-0.1, -0.05) is 35.3 Å². The summed E-state index contributed by atoms with van der Waals surface area (Å²) < 4.78 is 0. The smallest absolute Gasteiger partial charge is 0.261 e. The van der Waals surface area contributed by atoms with Crippen LogP contribution in [-0.2, 0) is 9.59 Å². The number of benzene rings is 2. The monoisotopic (exact) mass is 473 g/mol. The van der Waals surface area contributed by atoms with Gasteiger partial charge in [-0.15, -0.1) is 0 Å². The van der Waals surface area contributed by atoms with Crippen molar-refractivity contribution in [2.24, 2.45) is 0 Å². The second-order valence-electron chi connectivity index (χ2n) is 7.80. The van der Waals surface area contributed by atoms with Crippen molar-refractivity contribution >= 4 is 52.5 Å². The van der Waals surface area contributed by atoms with Gasteiger partial charge in [0.15, 0.2) is 0 Å². The van der Waals surface area contributed by atoms with E-state index in [0.29, 0.717) is 46.2 Å². The topological polar surface area (TPSA) is 86.8 Å². The molecule has 1 unspecified atom stereocenters. The number of fused-ring (bicyclic) bond motifs is 1. The minimum atomic E-state index is -0.584. The number of anilines is 1. The Bertz CT molecular complexity index is 1050. The average molecular weight is 474 g/mol. The van der Waals surface area contributed by atoms with Crippen LogP contribution in [0.4, 0.5) is 5.69 Å². The van der Waals surface area contributed by atoms with Gasteiger partial charge in [0.1, 0.15) is 6.04 Å². The lowest BCUT2D eigenvalue weighted by Crippen LogP contribution is -2.43. The van der Waals surface area contributed by atoms with Crippen molar-refractivity contribution in [3.05, 3.63) is 63.6 Å². The molecule has 0 bridgehead atoms. The van der Waals surface area contributed by atoms with Crippen molar-refractivity contribution in [1.29, 1.82) is 0 Å². The molecular formula is C23H21Cl2N3O4. The minimum absolute atomic E-state index is 0.139. The fourth-order valence-corrected chi connectivity index (χ4v) is 4.69. The molecule has 9 heteroatoms. The number of likely N-dealkylation sites (tertiary alicyclic amines) is 1. The molecule has 4 rings (SSSR count). The van der Waals surface area contributed by atoms with E-state index in [1.54, 1.807) is 47.4 Å². The van der Waals surface area contributed by atoms with Crippen LogP contribution in [0.15, 0.2) is 42.5 Å². The highest BCUT2D eigenvalue weighted by Crippen LogP contribution is 2.26. The number of nitrogens with one attached hydrogen (secondary N) is 1. The molecule has 2 aromatic rings. The van der Waals surface area contributed by atoms with Gasteiger partial charge in [-0.05, 0) is 49.6 Å². The van der Waals surface area contributed by atoms with Crippen molar-refractivity contribution in [2.45, 2.75) is 31.7 Å². The Morgan fingerprint density at radius 1 is 1.00 bits per heavy atom. The van der Waals surface area contributed by atoms with Crippen LogP contribution in [-0.4, -0.2) is 52.6 Å². The zero-order valence-corrected chi connectivity index (χ0v) is 18.7. The molecule has 4 amide bonds. The zero-order valence-electron chi connectivity index (χ0n) is 17.1. The molecule has 166 valence electrons. The molecule has 2 aliphatic heterocycles. The van der Waals surface area contributed by atoms with E-state index < -0.39 is 6.04 Å². The largest absolute Gasteiger partial charge is 0.331 e. The van der Waals surface area contributed by atoms with Crippen molar-refractivity contribution in [3.63, 3.8) is 0 Å². The number of nitrogens with zero attached hydrogens (tertiary/aromatic N) is 2. The maximum Gasteiger partial charge on any atom is 0.261 e. The van der Waals surface area contributed by atoms with E-state index in [0.717, 1.165) is 6.42 Å². The number of amides is 4. The highest BCUT2D eigenvalue weighted by Gasteiger charge is 2.36. The summed E-state index contributed by atoms with van der Waals surface area (Å²) in [6, 6.07) is 10.9. The normalized spacial score (nSPS) is 17.6. The number of carbonyl (C=O) groups is 4. The van der Waals surface area contributed by atoms with Crippen molar-refractivity contribution in [1.82, 2.24) is 9.80 Å². The summed E-state index contributed by atoms with van der Waals surface area (Å²) in [5.74, 6) is -1.15. The first-order valence-electron chi connectivity index (χ1n) is 10.4. The average Bonchev–Trinajstić information content (AvgIpc) is 3.33. The second kappa shape index (κ2) is 9.30. The molecule has 1 atom stereocenters. The fraction of sp³-hybridized carbons (Fsp3) is 0.304. The molecule has 2 aliphatic rings. The molecule has 1 fully saturated rings. The molecule has 32 heavy (non-hydrogen) atoms. The molecule has 0 aromatic heterocycles. The van der Waals surface area contributed by atoms with Crippen molar-refractivity contribution < 1.29 is 19.2 Å². The van der Waals surface area contributed by atoms with Gasteiger partial charge < -0.3 is 10.2 Å². The van der Waals surface area contributed by atoms with Crippen LogP contribution in [0.3, 0.4) is 0 Å². The van der Waals surface area contributed by atoms with E-state index in [-0.39, 0.29) is 36.6 Å². The van der Waals surface area contributed by atoms with Gasteiger partial charge in [0.2, 0.25) is 11.8 Å². The minimum Gasteiger partial charge on any atom is -0.331 e. The number of hydrogen-bond donors (Lipinski definition) is 1. The second-order valence-corrected chi connectivity index (χ2v) is 8.68. The molecule has 1 N–H and O–H groups in total. The van der Waals surface area contributed by atoms with Gasteiger partial charge in [0.05, 0.1) is 11.1 Å². The summed E-state index contributed by atoms with van der Waals surface area (Å²) in [7, 11) is 0. The maximum absolute atomic E-state index is 12.8. The number of imide groups is 1. The van der Waals surface area contributed by atoms with E-state index in [2.05, 4.69) is 5.32 Å². The molecule has 0 saturated carbocycles. The third kappa shape index (κ3) is 4.49. The van der Waals surface area contributed by atoms with Gasteiger partial charge >= 0.3 is 0 Å². The summed E-state index contributed by atoms with van der Waals surface area (Å²) >= 11 is 12.0. The van der Waals surface area contributed by atoms with Crippen LogP contribution in [0.1, 0.15) is 46.4 Å². The molecule has 7 nitrogen and oxygen atoms in total. The lowest BCUT2D eigenvalue weighted by molar-refractivity contribution is -0.136. The number of hydrogen-bond acceptors (Lipinski definition) is 4. The summed E-state index contributed by atoms with van der Waals surface area (Å²) in [6.45, 7) is 0.643. The fourth-order valence-electron chi connectivity index (χ4n) is 4.16.